The SMILES string of the molecule is CCCCNC(=NCc1ccc(C)cc1)NCCCCN1CCOCC1.I. The minimum atomic E-state index is 0. The average molecular weight is 488 g/mol. The summed E-state index contributed by atoms with van der Waals surface area (Å²) in [5.74, 6) is 0.936. The Kier molecular flexibility index (Phi) is 13.5. The molecule has 1 saturated heterocycles. The smallest absolute Gasteiger partial charge is 0.191 e. The third-order valence-electron chi connectivity index (χ3n) is 4.66. The average Bonchev–Trinajstić information content (AvgIpc) is 2.67. The highest BCUT2D eigenvalue weighted by Crippen LogP contribution is 2.04. The molecule has 5 nitrogen and oxygen atoms in total. The normalized spacial score (nSPS) is 15.3. The van der Waals surface area contributed by atoms with Crippen LogP contribution in [0, 0.1) is 6.92 Å². The van der Waals surface area contributed by atoms with Crippen LogP contribution in [-0.2, 0) is 11.3 Å². The van der Waals surface area contributed by atoms with E-state index in [0.29, 0.717) is 0 Å². The van der Waals surface area contributed by atoms with Gasteiger partial charge in [-0.15, -0.1) is 24.0 Å². The molecule has 0 aromatic heterocycles. The summed E-state index contributed by atoms with van der Waals surface area (Å²) in [6.45, 7) is 12.1. The number of unbranched alkanes of at least 4 members (excludes halogenated alkanes) is 2. The minimum absolute atomic E-state index is 0. The second kappa shape index (κ2) is 15.1. The molecule has 154 valence electrons. The molecule has 0 bridgehead atoms. The Morgan fingerprint density at radius 3 is 2.37 bits per heavy atom. The molecule has 6 heteroatoms. The third kappa shape index (κ3) is 10.9. The molecule has 1 heterocycles. The summed E-state index contributed by atoms with van der Waals surface area (Å²) in [4.78, 5) is 7.25. The van der Waals surface area contributed by atoms with Crippen molar-refractivity contribution in [2.75, 3.05) is 45.9 Å². The number of ether oxygens (including phenoxy) is 1. The molecule has 0 aliphatic carbocycles. The van der Waals surface area contributed by atoms with Crippen molar-refractivity contribution in [1.82, 2.24) is 15.5 Å². The Morgan fingerprint density at radius 2 is 1.70 bits per heavy atom. The Hall–Kier alpha value is -0.860. The number of guanidine groups is 1. The molecule has 0 atom stereocenters. The standard InChI is InChI=1S/C21H36N4O.HI/c1-3-4-11-22-21(24-18-20-9-7-19(2)8-10-20)23-12-5-6-13-25-14-16-26-17-15-25;/h7-10H,3-6,11-18H2,1-2H3,(H2,22,23,24);1H. The highest BCUT2D eigenvalue weighted by molar-refractivity contribution is 14.0. The second-order valence-corrected chi connectivity index (χ2v) is 7.02. The lowest BCUT2D eigenvalue weighted by Gasteiger charge is -2.26. The lowest BCUT2D eigenvalue weighted by Crippen LogP contribution is -2.39. The highest BCUT2D eigenvalue weighted by Gasteiger charge is 2.09. The number of halogens is 1. The first kappa shape index (κ1) is 24.2. The summed E-state index contributed by atoms with van der Waals surface area (Å²) in [6, 6.07) is 8.61. The summed E-state index contributed by atoms with van der Waals surface area (Å²) >= 11 is 0. The van der Waals surface area contributed by atoms with Gasteiger partial charge in [0.05, 0.1) is 19.8 Å². The van der Waals surface area contributed by atoms with Crippen molar-refractivity contribution in [3.8, 4) is 0 Å². The zero-order valence-electron chi connectivity index (χ0n) is 17.0. The second-order valence-electron chi connectivity index (χ2n) is 7.02. The lowest BCUT2D eigenvalue weighted by atomic mass is 10.1. The van der Waals surface area contributed by atoms with Crippen molar-refractivity contribution >= 4 is 29.9 Å². The van der Waals surface area contributed by atoms with Crippen LogP contribution in [0.2, 0.25) is 0 Å². The van der Waals surface area contributed by atoms with E-state index in [-0.39, 0.29) is 24.0 Å². The van der Waals surface area contributed by atoms with E-state index in [2.05, 4.69) is 53.6 Å². The Morgan fingerprint density at radius 1 is 1.04 bits per heavy atom. The Balaban J connectivity index is 0.00000364. The topological polar surface area (TPSA) is 48.9 Å². The van der Waals surface area contributed by atoms with Gasteiger partial charge in [0.15, 0.2) is 5.96 Å². The number of nitrogens with zero attached hydrogens (tertiary/aromatic N) is 2. The zero-order valence-corrected chi connectivity index (χ0v) is 19.3. The van der Waals surface area contributed by atoms with Crippen LogP contribution < -0.4 is 10.6 Å². The zero-order chi connectivity index (χ0) is 18.5. The van der Waals surface area contributed by atoms with Crippen LogP contribution in [0.3, 0.4) is 0 Å². The molecule has 1 fully saturated rings. The molecule has 0 amide bonds. The maximum Gasteiger partial charge on any atom is 0.191 e. The fourth-order valence-corrected chi connectivity index (χ4v) is 2.91. The first-order chi connectivity index (χ1) is 12.8. The van der Waals surface area contributed by atoms with E-state index in [1.54, 1.807) is 0 Å². The van der Waals surface area contributed by atoms with Crippen molar-refractivity contribution in [2.24, 2.45) is 4.99 Å². The first-order valence-corrected chi connectivity index (χ1v) is 10.2. The van der Waals surface area contributed by atoms with Gasteiger partial charge < -0.3 is 15.4 Å². The largest absolute Gasteiger partial charge is 0.379 e. The number of benzene rings is 1. The predicted octanol–water partition coefficient (Wildman–Crippen LogP) is 3.56. The van der Waals surface area contributed by atoms with Crippen LogP contribution in [0.1, 0.15) is 43.7 Å². The minimum Gasteiger partial charge on any atom is -0.379 e. The van der Waals surface area contributed by atoms with Crippen molar-refractivity contribution in [3.05, 3.63) is 35.4 Å². The number of rotatable bonds is 10. The number of nitrogens with one attached hydrogen (secondary N) is 2. The van der Waals surface area contributed by atoms with Gasteiger partial charge >= 0.3 is 0 Å². The summed E-state index contributed by atoms with van der Waals surface area (Å²) < 4.78 is 5.40. The van der Waals surface area contributed by atoms with Gasteiger partial charge in [0.1, 0.15) is 0 Å². The molecule has 0 unspecified atom stereocenters. The van der Waals surface area contributed by atoms with Crippen LogP contribution in [-0.4, -0.2) is 56.8 Å². The number of aliphatic imine (C=N–C) groups is 1. The molecule has 1 aromatic rings. The van der Waals surface area contributed by atoms with E-state index in [4.69, 9.17) is 9.73 Å². The molecule has 0 radical (unpaired) electrons. The molecule has 1 aromatic carbocycles. The molecular formula is C21H37IN4O. The number of hydrogen-bond acceptors (Lipinski definition) is 3. The molecule has 2 N–H and O–H groups in total. The molecule has 0 spiro atoms. The molecule has 1 aliphatic rings. The van der Waals surface area contributed by atoms with Crippen LogP contribution >= 0.6 is 24.0 Å². The van der Waals surface area contributed by atoms with Gasteiger partial charge in [0, 0.05) is 26.2 Å². The maximum atomic E-state index is 5.40. The lowest BCUT2D eigenvalue weighted by molar-refractivity contribution is 0.0372. The number of aryl methyl sites for hydroxylation is 1. The van der Waals surface area contributed by atoms with E-state index in [1.165, 1.54) is 36.9 Å². The van der Waals surface area contributed by atoms with Gasteiger partial charge in [-0.25, -0.2) is 4.99 Å². The van der Waals surface area contributed by atoms with E-state index in [1.807, 2.05) is 0 Å². The van der Waals surface area contributed by atoms with Gasteiger partial charge in [-0.1, -0.05) is 43.2 Å². The van der Waals surface area contributed by atoms with Crippen LogP contribution in [0.5, 0.6) is 0 Å². The van der Waals surface area contributed by atoms with Crippen LogP contribution in [0.15, 0.2) is 29.3 Å². The molecule has 1 aliphatic heterocycles. The van der Waals surface area contributed by atoms with E-state index >= 15 is 0 Å². The van der Waals surface area contributed by atoms with Crippen LogP contribution in [0.25, 0.3) is 0 Å². The summed E-state index contributed by atoms with van der Waals surface area (Å²) in [5.41, 5.74) is 2.54. The van der Waals surface area contributed by atoms with Gasteiger partial charge in [-0.05, 0) is 38.3 Å². The van der Waals surface area contributed by atoms with E-state index in [0.717, 1.165) is 58.3 Å². The third-order valence-corrected chi connectivity index (χ3v) is 4.66. The van der Waals surface area contributed by atoms with E-state index < -0.39 is 0 Å². The molecule has 2 rings (SSSR count). The maximum absolute atomic E-state index is 5.40. The van der Waals surface area contributed by atoms with E-state index in [9.17, 15) is 0 Å². The fourth-order valence-electron chi connectivity index (χ4n) is 2.91. The molecular weight excluding hydrogens is 451 g/mol. The van der Waals surface area contributed by atoms with Crippen LogP contribution in [0.4, 0.5) is 0 Å². The molecule has 27 heavy (non-hydrogen) atoms. The van der Waals surface area contributed by atoms with Crippen molar-refractivity contribution in [1.29, 1.82) is 0 Å². The summed E-state index contributed by atoms with van der Waals surface area (Å²) in [5, 5.41) is 6.95. The van der Waals surface area contributed by atoms with Gasteiger partial charge in [-0.2, -0.15) is 0 Å². The van der Waals surface area contributed by atoms with Gasteiger partial charge in [0.25, 0.3) is 0 Å². The Labute approximate surface area is 182 Å². The monoisotopic (exact) mass is 488 g/mol. The predicted molar refractivity (Wildman–Crippen MR) is 125 cm³/mol. The number of morpholine rings is 1. The first-order valence-electron chi connectivity index (χ1n) is 10.2. The van der Waals surface area contributed by atoms with Crippen molar-refractivity contribution in [2.45, 2.75) is 46.1 Å². The van der Waals surface area contributed by atoms with Crippen molar-refractivity contribution < 1.29 is 4.74 Å². The number of hydrogen-bond donors (Lipinski definition) is 2. The highest BCUT2D eigenvalue weighted by atomic mass is 127. The molecule has 0 saturated carbocycles. The Bertz CT molecular complexity index is 515. The summed E-state index contributed by atoms with van der Waals surface area (Å²) in [7, 11) is 0. The quantitative estimate of drug-likeness (QED) is 0.229. The summed E-state index contributed by atoms with van der Waals surface area (Å²) in [6.07, 6.45) is 4.74. The van der Waals surface area contributed by atoms with Crippen molar-refractivity contribution in [3.63, 3.8) is 0 Å². The van der Waals surface area contributed by atoms with Gasteiger partial charge in [0.2, 0.25) is 0 Å². The fraction of sp³-hybridized carbons (Fsp3) is 0.667. The van der Waals surface area contributed by atoms with Gasteiger partial charge in [-0.3, -0.25) is 4.90 Å².